The van der Waals surface area contributed by atoms with Gasteiger partial charge in [-0.15, -0.1) is 11.3 Å². The summed E-state index contributed by atoms with van der Waals surface area (Å²) in [6, 6.07) is 15.3. The lowest BCUT2D eigenvalue weighted by Crippen LogP contribution is -2.03. The van der Waals surface area contributed by atoms with Crippen LogP contribution < -0.4 is 15.7 Å². The van der Waals surface area contributed by atoms with Gasteiger partial charge in [0.05, 0.1) is 18.4 Å². The van der Waals surface area contributed by atoms with Crippen LogP contribution in [0.15, 0.2) is 63.1 Å². The highest BCUT2D eigenvalue weighted by molar-refractivity contribution is 7.14. The van der Waals surface area contributed by atoms with Crippen molar-refractivity contribution in [2.24, 2.45) is 0 Å². The van der Waals surface area contributed by atoms with Gasteiger partial charge in [0.25, 0.3) is 0 Å². The fourth-order valence-electron chi connectivity index (χ4n) is 2.81. The molecule has 4 rings (SSSR count). The van der Waals surface area contributed by atoms with Crippen LogP contribution in [-0.4, -0.2) is 12.1 Å². The lowest BCUT2D eigenvalue weighted by molar-refractivity contribution is 0.415. The number of anilines is 2. The van der Waals surface area contributed by atoms with Crippen molar-refractivity contribution < 1.29 is 9.15 Å². The number of benzene rings is 2. The van der Waals surface area contributed by atoms with E-state index in [1.165, 1.54) is 16.9 Å². The first kappa shape index (κ1) is 17.3. The summed E-state index contributed by atoms with van der Waals surface area (Å²) in [6.07, 6.45) is 1.00. The van der Waals surface area contributed by atoms with Crippen LogP contribution in [0.5, 0.6) is 5.75 Å². The van der Waals surface area contributed by atoms with Gasteiger partial charge in [0, 0.05) is 16.5 Å². The van der Waals surface area contributed by atoms with Crippen LogP contribution >= 0.6 is 11.3 Å². The van der Waals surface area contributed by atoms with E-state index in [1.54, 1.807) is 25.3 Å². The Kier molecular flexibility index (Phi) is 4.64. The van der Waals surface area contributed by atoms with E-state index >= 15 is 0 Å². The second-order valence-electron chi connectivity index (χ2n) is 6.06. The van der Waals surface area contributed by atoms with Gasteiger partial charge < -0.3 is 14.5 Å². The monoisotopic (exact) mass is 378 g/mol. The van der Waals surface area contributed by atoms with Crippen molar-refractivity contribution in [2.45, 2.75) is 13.3 Å². The zero-order valence-electron chi connectivity index (χ0n) is 15.0. The first-order valence-corrected chi connectivity index (χ1v) is 9.48. The molecule has 0 aliphatic carbocycles. The number of nitrogens with one attached hydrogen (secondary N) is 1. The average Bonchev–Trinajstić information content (AvgIpc) is 3.16. The summed E-state index contributed by atoms with van der Waals surface area (Å²) >= 11 is 1.44. The zero-order valence-corrected chi connectivity index (χ0v) is 15.8. The lowest BCUT2D eigenvalue weighted by Gasteiger charge is -2.04. The van der Waals surface area contributed by atoms with Gasteiger partial charge in [-0.2, -0.15) is 0 Å². The maximum absolute atomic E-state index is 12.4. The standard InChI is InChI=1S/C21H18N2O3S/c1-3-13-4-6-15(7-5-13)22-21-23-18(12-27-21)17-11-14-10-16(25-2)8-9-19(14)26-20(17)24/h4-12H,3H2,1-2H3,(H,22,23). The van der Waals surface area contributed by atoms with Crippen molar-refractivity contribution in [1.29, 1.82) is 0 Å². The van der Waals surface area contributed by atoms with Crippen molar-refractivity contribution in [3.8, 4) is 17.0 Å². The minimum Gasteiger partial charge on any atom is -0.497 e. The molecule has 0 aliphatic rings. The van der Waals surface area contributed by atoms with Crippen LogP contribution in [0.4, 0.5) is 10.8 Å². The number of aryl methyl sites for hydroxylation is 1. The predicted molar refractivity (Wildman–Crippen MR) is 109 cm³/mol. The molecule has 0 radical (unpaired) electrons. The molecule has 6 heteroatoms. The van der Waals surface area contributed by atoms with Crippen molar-refractivity contribution in [3.05, 3.63) is 69.9 Å². The molecule has 0 unspecified atom stereocenters. The van der Waals surface area contributed by atoms with Crippen molar-refractivity contribution >= 4 is 33.1 Å². The third-order valence-electron chi connectivity index (χ3n) is 4.33. The Labute approximate surface area is 160 Å². The average molecular weight is 378 g/mol. The van der Waals surface area contributed by atoms with Gasteiger partial charge >= 0.3 is 5.63 Å². The third-order valence-corrected chi connectivity index (χ3v) is 5.09. The predicted octanol–water partition coefficient (Wildman–Crippen LogP) is 5.23. The van der Waals surface area contributed by atoms with Gasteiger partial charge in [0.2, 0.25) is 0 Å². The van der Waals surface area contributed by atoms with Gasteiger partial charge in [-0.05, 0) is 48.4 Å². The molecule has 0 amide bonds. The van der Waals surface area contributed by atoms with Gasteiger partial charge in [-0.3, -0.25) is 0 Å². The Morgan fingerprint density at radius 2 is 1.96 bits per heavy atom. The van der Waals surface area contributed by atoms with Gasteiger partial charge in [0.15, 0.2) is 5.13 Å². The number of thiazole rings is 1. The molecule has 2 aromatic carbocycles. The molecule has 0 spiro atoms. The third kappa shape index (κ3) is 3.57. The fraction of sp³-hybridized carbons (Fsp3) is 0.143. The van der Waals surface area contributed by atoms with E-state index in [2.05, 4.69) is 29.4 Å². The van der Waals surface area contributed by atoms with E-state index in [9.17, 15) is 4.79 Å². The largest absolute Gasteiger partial charge is 0.497 e. The van der Waals surface area contributed by atoms with Crippen molar-refractivity contribution in [1.82, 2.24) is 4.98 Å². The first-order valence-electron chi connectivity index (χ1n) is 8.60. The minimum absolute atomic E-state index is 0.406. The molecule has 2 heterocycles. The number of nitrogens with zero attached hydrogens (tertiary/aromatic N) is 1. The number of aromatic nitrogens is 1. The van der Waals surface area contributed by atoms with Crippen LogP contribution in [0.1, 0.15) is 12.5 Å². The van der Waals surface area contributed by atoms with E-state index in [1.807, 2.05) is 23.6 Å². The topological polar surface area (TPSA) is 64.4 Å². The maximum Gasteiger partial charge on any atom is 0.345 e. The Hall–Kier alpha value is -3.12. The Balaban J connectivity index is 1.65. The zero-order chi connectivity index (χ0) is 18.8. The van der Waals surface area contributed by atoms with Gasteiger partial charge in [-0.25, -0.2) is 9.78 Å². The first-order chi connectivity index (χ1) is 13.2. The summed E-state index contributed by atoms with van der Waals surface area (Å²) in [4.78, 5) is 16.9. The molecule has 0 atom stereocenters. The van der Waals surface area contributed by atoms with E-state index < -0.39 is 5.63 Å². The van der Waals surface area contributed by atoms with Gasteiger partial charge in [0.1, 0.15) is 11.3 Å². The summed E-state index contributed by atoms with van der Waals surface area (Å²) in [7, 11) is 1.60. The fourth-order valence-corrected chi connectivity index (χ4v) is 3.54. The van der Waals surface area contributed by atoms with Crippen LogP contribution in [0.25, 0.3) is 22.2 Å². The van der Waals surface area contributed by atoms with E-state index in [0.717, 1.165) is 22.6 Å². The molecule has 0 aliphatic heterocycles. The highest BCUT2D eigenvalue weighted by atomic mass is 32.1. The van der Waals surface area contributed by atoms with Crippen LogP contribution in [-0.2, 0) is 6.42 Å². The Morgan fingerprint density at radius 1 is 1.15 bits per heavy atom. The summed E-state index contributed by atoms with van der Waals surface area (Å²) < 4.78 is 10.7. The summed E-state index contributed by atoms with van der Waals surface area (Å²) in [5.74, 6) is 0.707. The molecular formula is C21H18N2O3S. The number of fused-ring (bicyclic) bond motifs is 1. The molecule has 4 aromatic rings. The lowest BCUT2D eigenvalue weighted by atomic mass is 10.1. The second-order valence-corrected chi connectivity index (χ2v) is 6.92. The summed E-state index contributed by atoms with van der Waals surface area (Å²) in [5.41, 5.74) is 3.38. The van der Waals surface area contributed by atoms with Gasteiger partial charge in [-0.1, -0.05) is 19.1 Å². The van der Waals surface area contributed by atoms with Crippen LogP contribution in [0.3, 0.4) is 0 Å². The molecule has 1 N–H and O–H groups in total. The smallest absolute Gasteiger partial charge is 0.345 e. The molecule has 136 valence electrons. The normalized spacial score (nSPS) is 10.9. The second kappa shape index (κ2) is 7.25. The van der Waals surface area contributed by atoms with E-state index in [0.29, 0.717) is 22.6 Å². The van der Waals surface area contributed by atoms with E-state index in [4.69, 9.17) is 9.15 Å². The SMILES string of the molecule is CCc1ccc(Nc2nc(-c3cc4cc(OC)ccc4oc3=O)cs2)cc1. The highest BCUT2D eigenvalue weighted by Gasteiger charge is 2.12. The quantitative estimate of drug-likeness (QED) is 0.482. The molecule has 0 fully saturated rings. The maximum atomic E-state index is 12.4. The highest BCUT2D eigenvalue weighted by Crippen LogP contribution is 2.28. The number of ether oxygens (including phenoxy) is 1. The number of methoxy groups -OCH3 is 1. The Morgan fingerprint density at radius 3 is 2.70 bits per heavy atom. The summed E-state index contributed by atoms with van der Waals surface area (Å²) in [6.45, 7) is 2.13. The number of hydrogen-bond donors (Lipinski definition) is 1. The minimum atomic E-state index is -0.406. The molecular weight excluding hydrogens is 360 g/mol. The number of hydrogen-bond acceptors (Lipinski definition) is 6. The van der Waals surface area contributed by atoms with Crippen LogP contribution in [0.2, 0.25) is 0 Å². The van der Waals surface area contributed by atoms with Crippen molar-refractivity contribution in [3.63, 3.8) is 0 Å². The van der Waals surface area contributed by atoms with Crippen molar-refractivity contribution in [2.75, 3.05) is 12.4 Å². The van der Waals surface area contributed by atoms with Crippen LogP contribution in [0, 0.1) is 0 Å². The molecule has 0 saturated heterocycles. The number of rotatable bonds is 5. The molecule has 0 bridgehead atoms. The Bertz CT molecular complexity index is 1150. The molecule has 5 nitrogen and oxygen atoms in total. The molecule has 0 saturated carbocycles. The molecule has 27 heavy (non-hydrogen) atoms. The molecule has 2 aromatic heterocycles. The summed E-state index contributed by atoms with van der Waals surface area (Å²) in [5, 5.41) is 6.64. The van der Waals surface area contributed by atoms with E-state index in [-0.39, 0.29) is 0 Å².